The molecule has 0 aliphatic heterocycles. The first kappa shape index (κ1) is 21.3. The summed E-state index contributed by atoms with van der Waals surface area (Å²) >= 11 is 36.2. The predicted octanol–water partition coefficient (Wildman–Crippen LogP) is 7.18. The molecular formula is C17H16Cl6N2. The quantitative estimate of drug-likeness (QED) is 0.292. The van der Waals surface area contributed by atoms with E-state index in [-0.39, 0.29) is 0 Å². The Hall–Kier alpha value is 0.0400. The molecule has 136 valence electrons. The van der Waals surface area contributed by atoms with Crippen molar-refractivity contribution in [2.24, 2.45) is 21.0 Å². The lowest BCUT2D eigenvalue weighted by molar-refractivity contribution is 0.525. The maximum absolute atomic E-state index is 6.08. The normalized spacial score (nSPS) is 31.5. The van der Waals surface area contributed by atoms with E-state index >= 15 is 0 Å². The Labute approximate surface area is 177 Å². The number of alkyl halides is 6. The first-order chi connectivity index (χ1) is 11.3. The molecule has 0 aromatic carbocycles. The lowest BCUT2D eigenvalue weighted by Gasteiger charge is -2.36. The molecule has 0 aromatic rings. The molecule has 0 radical (unpaired) electrons. The summed E-state index contributed by atoms with van der Waals surface area (Å²) in [7, 11) is 0. The van der Waals surface area contributed by atoms with Gasteiger partial charge in [-0.15, -0.1) is 0 Å². The van der Waals surface area contributed by atoms with Crippen LogP contribution in [0.1, 0.15) is 20.8 Å². The smallest absolute Gasteiger partial charge is 0.151 e. The lowest BCUT2D eigenvalue weighted by atomic mass is 9.80. The summed E-state index contributed by atoms with van der Waals surface area (Å²) in [4.78, 5) is 0. The number of nitrogens with zero attached hydrogens (tertiary/aromatic N) is 2. The summed E-state index contributed by atoms with van der Waals surface area (Å²) < 4.78 is -2.89. The minimum absolute atomic E-state index is 0.647. The van der Waals surface area contributed by atoms with Gasteiger partial charge in [-0.25, -0.2) is 0 Å². The molecule has 2 aliphatic carbocycles. The van der Waals surface area contributed by atoms with E-state index in [1.54, 1.807) is 30.4 Å². The van der Waals surface area contributed by atoms with Crippen LogP contribution in [0.2, 0.25) is 0 Å². The van der Waals surface area contributed by atoms with Crippen LogP contribution in [0.25, 0.3) is 0 Å². The van der Waals surface area contributed by atoms with E-state index in [1.807, 2.05) is 32.9 Å². The van der Waals surface area contributed by atoms with Crippen molar-refractivity contribution in [3.8, 4) is 0 Å². The largest absolute Gasteiger partial charge is 0.202 e. The molecule has 8 heteroatoms. The Morgan fingerprint density at radius 2 is 1.24 bits per heavy atom. The average Bonchev–Trinajstić information content (AvgIpc) is 2.48. The first-order valence-electron chi connectivity index (χ1n) is 7.34. The van der Waals surface area contributed by atoms with Crippen LogP contribution in [0.4, 0.5) is 0 Å². The Balaban J connectivity index is 2.21. The summed E-state index contributed by atoms with van der Waals surface area (Å²) in [6.45, 7) is 5.57. The summed E-state index contributed by atoms with van der Waals surface area (Å²) in [5.41, 5.74) is 0.798. The van der Waals surface area contributed by atoms with E-state index < -0.39 is 18.4 Å². The van der Waals surface area contributed by atoms with Crippen LogP contribution in [0.5, 0.6) is 0 Å². The summed E-state index contributed by atoms with van der Waals surface area (Å²) in [6.07, 6.45) is 12.5. The Kier molecular flexibility index (Phi) is 6.16. The Morgan fingerprint density at radius 1 is 0.760 bits per heavy atom. The number of halogens is 6. The molecule has 0 spiro atoms. The monoisotopic (exact) mass is 458 g/mol. The fraction of sp³-hybridized carbons (Fsp3) is 0.412. The van der Waals surface area contributed by atoms with Crippen LogP contribution in [0.3, 0.4) is 0 Å². The van der Waals surface area contributed by atoms with Gasteiger partial charge in [0.2, 0.25) is 7.59 Å². The fourth-order valence-electron chi connectivity index (χ4n) is 2.18. The number of allylic oxidation sites excluding steroid dienone is 8. The van der Waals surface area contributed by atoms with Crippen molar-refractivity contribution in [3.63, 3.8) is 0 Å². The van der Waals surface area contributed by atoms with E-state index in [1.165, 1.54) is 0 Å². The third-order valence-electron chi connectivity index (χ3n) is 4.45. The molecule has 0 bridgehead atoms. The Morgan fingerprint density at radius 3 is 1.68 bits per heavy atom. The number of hydrogen-bond donors (Lipinski definition) is 0. The average molecular weight is 461 g/mol. The first-order valence-corrected chi connectivity index (χ1v) is 9.61. The van der Waals surface area contributed by atoms with E-state index in [2.05, 4.69) is 10.2 Å². The highest BCUT2D eigenvalue weighted by Gasteiger charge is 2.45. The van der Waals surface area contributed by atoms with Gasteiger partial charge < -0.3 is 0 Å². The molecule has 2 nitrogen and oxygen atoms in total. The van der Waals surface area contributed by atoms with Gasteiger partial charge in [-0.3, -0.25) is 0 Å². The molecule has 0 saturated heterocycles. The second-order valence-corrected chi connectivity index (χ2v) is 10.9. The summed E-state index contributed by atoms with van der Waals surface area (Å²) in [5.74, 6) is 0. The molecule has 25 heavy (non-hydrogen) atoms. The molecule has 0 saturated carbocycles. The summed E-state index contributed by atoms with van der Waals surface area (Å²) in [6, 6.07) is 0. The predicted molar refractivity (Wildman–Crippen MR) is 113 cm³/mol. The van der Waals surface area contributed by atoms with E-state index in [0.29, 0.717) is 11.4 Å². The molecule has 2 aliphatic rings. The molecule has 0 heterocycles. The SMILES string of the molecule is CC1=C/C(=N\N=C2C=CC(C)(C(Cl)(Cl)Cl)C=C2)C=C[C@@]1(C)C(Cl)(Cl)Cl. The van der Waals surface area contributed by atoms with Crippen molar-refractivity contribution in [2.45, 2.75) is 28.4 Å². The van der Waals surface area contributed by atoms with Gasteiger partial charge in [-0.2, -0.15) is 10.2 Å². The minimum atomic E-state index is -1.45. The second-order valence-electron chi connectivity index (χ2n) is 6.36. The second kappa shape index (κ2) is 7.22. The van der Waals surface area contributed by atoms with Gasteiger partial charge >= 0.3 is 0 Å². The molecule has 0 aromatic heterocycles. The van der Waals surface area contributed by atoms with Crippen molar-refractivity contribution in [1.29, 1.82) is 0 Å². The van der Waals surface area contributed by atoms with Crippen LogP contribution >= 0.6 is 69.6 Å². The zero-order valence-electron chi connectivity index (χ0n) is 13.7. The maximum Gasteiger partial charge on any atom is 0.202 e. The highest BCUT2D eigenvalue weighted by molar-refractivity contribution is 6.68. The van der Waals surface area contributed by atoms with Crippen molar-refractivity contribution in [1.82, 2.24) is 0 Å². The zero-order valence-corrected chi connectivity index (χ0v) is 18.2. The van der Waals surface area contributed by atoms with Gasteiger partial charge in [-0.05, 0) is 45.1 Å². The van der Waals surface area contributed by atoms with Gasteiger partial charge in [0, 0.05) is 0 Å². The van der Waals surface area contributed by atoms with Crippen molar-refractivity contribution >= 4 is 81.0 Å². The number of rotatable bonds is 1. The van der Waals surface area contributed by atoms with Crippen LogP contribution in [-0.4, -0.2) is 19.0 Å². The fourth-order valence-corrected chi connectivity index (χ4v) is 3.20. The molecular weight excluding hydrogens is 445 g/mol. The van der Waals surface area contributed by atoms with Gasteiger partial charge in [0.1, 0.15) is 0 Å². The topological polar surface area (TPSA) is 24.7 Å². The maximum atomic E-state index is 6.08. The molecule has 1 atom stereocenters. The van der Waals surface area contributed by atoms with Gasteiger partial charge in [0.05, 0.1) is 22.3 Å². The van der Waals surface area contributed by atoms with Crippen molar-refractivity contribution in [3.05, 3.63) is 48.1 Å². The zero-order chi connectivity index (χ0) is 19.1. The lowest BCUT2D eigenvalue weighted by Crippen LogP contribution is -2.33. The highest BCUT2D eigenvalue weighted by atomic mass is 35.6. The highest BCUT2D eigenvalue weighted by Crippen LogP contribution is 2.51. The van der Waals surface area contributed by atoms with Crippen LogP contribution in [-0.2, 0) is 0 Å². The van der Waals surface area contributed by atoms with E-state index in [9.17, 15) is 0 Å². The third-order valence-corrected chi connectivity index (χ3v) is 6.85. The van der Waals surface area contributed by atoms with E-state index in [4.69, 9.17) is 69.6 Å². The van der Waals surface area contributed by atoms with Crippen LogP contribution < -0.4 is 0 Å². The summed E-state index contributed by atoms with van der Waals surface area (Å²) in [5, 5.41) is 8.43. The van der Waals surface area contributed by atoms with Crippen molar-refractivity contribution in [2.75, 3.05) is 0 Å². The van der Waals surface area contributed by atoms with Gasteiger partial charge in [0.25, 0.3) is 0 Å². The van der Waals surface area contributed by atoms with Gasteiger partial charge in [-0.1, -0.05) is 93.4 Å². The van der Waals surface area contributed by atoms with E-state index in [0.717, 1.165) is 5.57 Å². The third kappa shape index (κ3) is 4.48. The molecule has 0 unspecified atom stereocenters. The number of hydrogen-bond acceptors (Lipinski definition) is 2. The molecule has 0 N–H and O–H groups in total. The minimum Gasteiger partial charge on any atom is -0.151 e. The molecule has 2 rings (SSSR count). The molecule has 0 fully saturated rings. The Bertz CT molecular complexity index is 715. The van der Waals surface area contributed by atoms with Crippen molar-refractivity contribution < 1.29 is 0 Å². The molecule has 0 amide bonds. The standard InChI is InChI=1S/C17H16Cl6N2/c1-11-10-13(6-9-15(11,3)17(21,22)23)25-24-12-4-7-14(2,8-5-12)16(18,19)20/h4-10H,1-3H3/b24-12?,25-13-/t14?,15-/m1/s1. The van der Waals surface area contributed by atoms with Gasteiger partial charge in [0.15, 0.2) is 0 Å². The van der Waals surface area contributed by atoms with Crippen LogP contribution in [0.15, 0.2) is 58.3 Å². The van der Waals surface area contributed by atoms with Crippen LogP contribution in [0, 0.1) is 10.8 Å².